The van der Waals surface area contributed by atoms with Crippen LogP contribution in [-0.2, 0) is 0 Å². The van der Waals surface area contributed by atoms with Crippen molar-refractivity contribution in [3.8, 4) is 17.2 Å². The summed E-state index contributed by atoms with van der Waals surface area (Å²) in [6, 6.07) is 3.04. The van der Waals surface area contributed by atoms with Crippen LogP contribution >= 0.6 is 0 Å². The minimum absolute atomic E-state index is 0.105. The maximum absolute atomic E-state index is 11.2. The molecule has 0 fully saturated rings. The highest BCUT2D eigenvalue weighted by Crippen LogP contribution is 2.38. The van der Waals surface area contributed by atoms with Gasteiger partial charge in [0.1, 0.15) is 11.3 Å². The van der Waals surface area contributed by atoms with E-state index in [1.807, 2.05) is 0 Å². The Morgan fingerprint density at radius 3 is 2.74 bits per heavy atom. The van der Waals surface area contributed by atoms with E-state index < -0.39 is 5.97 Å². The van der Waals surface area contributed by atoms with Crippen LogP contribution < -0.4 is 14.2 Å². The van der Waals surface area contributed by atoms with Crippen molar-refractivity contribution in [3.05, 3.63) is 17.7 Å². The smallest absolute Gasteiger partial charge is 0.339 e. The molecule has 0 aromatic heterocycles. The van der Waals surface area contributed by atoms with Gasteiger partial charge in [-0.1, -0.05) is 20.3 Å². The summed E-state index contributed by atoms with van der Waals surface area (Å²) in [6.45, 7) is 4.80. The van der Waals surface area contributed by atoms with E-state index in [0.29, 0.717) is 29.8 Å². The zero-order chi connectivity index (χ0) is 13.8. The molecule has 0 spiro atoms. The lowest BCUT2D eigenvalue weighted by molar-refractivity contribution is 0.0691. The molecular formula is C14H18O5. The second kappa shape index (κ2) is 5.82. The molecule has 1 unspecified atom stereocenters. The molecule has 0 radical (unpaired) electrons. The third-order valence-corrected chi connectivity index (χ3v) is 3.01. The van der Waals surface area contributed by atoms with Crippen molar-refractivity contribution < 1.29 is 24.1 Å². The molecule has 1 aromatic rings. The first kappa shape index (κ1) is 13.5. The first-order chi connectivity index (χ1) is 9.11. The molecule has 5 heteroatoms. The molecule has 0 amide bonds. The Balaban J connectivity index is 2.16. The monoisotopic (exact) mass is 266 g/mol. The van der Waals surface area contributed by atoms with Crippen LogP contribution in [-0.4, -0.2) is 24.5 Å². The van der Waals surface area contributed by atoms with E-state index in [9.17, 15) is 9.90 Å². The summed E-state index contributed by atoms with van der Waals surface area (Å²) >= 11 is 0. The van der Waals surface area contributed by atoms with Crippen LogP contribution in [0.15, 0.2) is 12.1 Å². The van der Waals surface area contributed by atoms with Gasteiger partial charge in [0.2, 0.25) is 6.79 Å². The van der Waals surface area contributed by atoms with E-state index in [2.05, 4.69) is 13.8 Å². The van der Waals surface area contributed by atoms with Gasteiger partial charge in [0, 0.05) is 12.1 Å². The van der Waals surface area contributed by atoms with Gasteiger partial charge in [0.25, 0.3) is 0 Å². The first-order valence-corrected chi connectivity index (χ1v) is 6.41. The summed E-state index contributed by atoms with van der Waals surface area (Å²) in [5, 5.41) is 9.19. The fourth-order valence-corrected chi connectivity index (χ4v) is 2.02. The first-order valence-electron chi connectivity index (χ1n) is 6.41. The predicted molar refractivity (Wildman–Crippen MR) is 69.1 cm³/mol. The Hall–Kier alpha value is -1.91. The Kier molecular flexibility index (Phi) is 4.14. The van der Waals surface area contributed by atoms with Gasteiger partial charge in [0.15, 0.2) is 11.5 Å². The van der Waals surface area contributed by atoms with E-state index in [4.69, 9.17) is 14.2 Å². The molecule has 2 rings (SSSR count). The average molecular weight is 266 g/mol. The summed E-state index contributed by atoms with van der Waals surface area (Å²) in [5.74, 6) is 0.669. The fourth-order valence-electron chi connectivity index (χ4n) is 2.02. The number of ether oxygens (including phenoxy) is 3. The van der Waals surface area contributed by atoms with Gasteiger partial charge in [-0.05, 0) is 12.3 Å². The fraction of sp³-hybridized carbons (Fsp3) is 0.500. The minimum Gasteiger partial charge on any atom is -0.492 e. The second-order valence-electron chi connectivity index (χ2n) is 4.71. The van der Waals surface area contributed by atoms with Crippen molar-refractivity contribution in [1.82, 2.24) is 0 Å². The number of benzene rings is 1. The van der Waals surface area contributed by atoms with E-state index in [0.717, 1.165) is 12.8 Å². The van der Waals surface area contributed by atoms with Gasteiger partial charge < -0.3 is 19.3 Å². The number of fused-ring (bicyclic) bond motifs is 1. The van der Waals surface area contributed by atoms with Crippen molar-refractivity contribution in [3.63, 3.8) is 0 Å². The Morgan fingerprint density at radius 1 is 1.42 bits per heavy atom. The predicted octanol–water partition coefficient (Wildman–Crippen LogP) is 2.93. The highest BCUT2D eigenvalue weighted by molar-refractivity contribution is 5.92. The molecule has 1 aliphatic rings. The van der Waals surface area contributed by atoms with Gasteiger partial charge in [-0.3, -0.25) is 0 Å². The molecule has 0 saturated carbocycles. The van der Waals surface area contributed by atoms with Crippen LogP contribution in [0.5, 0.6) is 17.2 Å². The van der Waals surface area contributed by atoms with Crippen molar-refractivity contribution in [2.24, 2.45) is 5.92 Å². The zero-order valence-electron chi connectivity index (χ0n) is 11.1. The van der Waals surface area contributed by atoms with Crippen molar-refractivity contribution in [2.45, 2.75) is 26.7 Å². The highest BCUT2D eigenvalue weighted by atomic mass is 16.7. The van der Waals surface area contributed by atoms with E-state index >= 15 is 0 Å². The molecule has 5 nitrogen and oxygen atoms in total. The SMILES string of the molecule is CCCC(C)COc1cc2c(cc1C(=O)O)OCO2. The van der Waals surface area contributed by atoms with Gasteiger partial charge in [0.05, 0.1) is 6.61 Å². The Bertz CT molecular complexity index is 469. The quantitative estimate of drug-likeness (QED) is 0.857. The van der Waals surface area contributed by atoms with Crippen LogP contribution in [0.25, 0.3) is 0 Å². The van der Waals surface area contributed by atoms with Gasteiger partial charge >= 0.3 is 5.97 Å². The Labute approximate surface area is 112 Å². The van der Waals surface area contributed by atoms with Gasteiger partial charge in [-0.2, -0.15) is 0 Å². The maximum atomic E-state index is 11.2. The third kappa shape index (κ3) is 3.10. The van der Waals surface area contributed by atoms with Crippen LogP contribution in [0.1, 0.15) is 37.0 Å². The Morgan fingerprint density at radius 2 is 2.11 bits per heavy atom. The largest absolute Gasteiger partial charge is 0.492 e. The van der Waals surface area contributed by atoms with Crippen molar-refractivity contribution in [2.75, 3.05) is 13.4 Å². The molecule has 1 aromatic carbocycles. The molecule has 1 atom stereocenters. The van der Waals surface area contributed by atoms with Gasteiger partial charge in [-0.15, -0.1) is 0 Å². The summed E-state index contributed by atoms with van der Waals surface area (Å²) in [4.78, 5) is 11.2. The summed E-state index contributed by atoms with van der Waals surface area (Å²) in [5.41, 5.74) is 0.105. The summed E-state index contributed by atoms with van der Waals surface area (Å²) in [6.07, 6.45) is 2.13. The number of carbonyl (C=O) groups is 1. The average Bonchev–Trinajstić information content (AvgIpc) is 2.82. The molecule has 1 heterocycles. The molecular weight excluding hydrogens is 248 g/mol. The van der Waals surface area contributed by atoms with Crippen LogP contribution in [0, 0.1) is 5.92 Å². The van der Waals surface area contributed by atoms with Gasteiger partial charge in [-0.25, -0.2) is 4.79 Å². The van der Waals surface area contributed by atoms with Crippen molar-refractivity contribution >= 4 is 5.97 Å². The molecule has 0 bridgehead atoms. The molecule has 1 aliphatic heterocycles. The van der Waals surface area contributed by atoms with E-state index in [-0.39, 0.29) is 12.4 Å². The second-order valence-corrected chi connectivity index (χ2v) is 4.71. The molecule has 19 heavy (non-hydrogen) atoms. The topological polar surface area (TPSA) is 65.0 Å². The zero-order valence-corrected chi connectivity index (χ0v) is 11.1. The van der Waals surface area contributed by atoms with Crippen molar-refractivity contribution in [1.29, 1.82) is 0 Å². The number of carboxylic acids is 1. The minimum atomic E-state index is -1.03. The highest BCUT2D eigenvalue weighted by Gasteiger charge is 2.21. The lowest BCUT2D eigenvalue weighted by Gasteiger charge is -2.14. The number of carboxylic acid groups (broad SMARTS) is 1. The number of hydrogen-bond acceptors (Lipinski definition) is 4. The molecule has 0 aliphatic carbocycles. The van der Waals surface area contributed by atoms with E-state index in [1.54, 1.807) is 6.07 Å². The van der Waals surface area contributed by atoms with Crippen LogP contribution in [0.4, 0.5) is 0 Å². The number of aromatic carboxylic acids is 1. The molecule has 1 N–H and O–H groups in total. The summed E-state index contributed by atoms with van der Waals surface area (Å²) < 4.78 is 16.0. The lowest BCUT2D eigenvalue weighted by Crippen LogP contribution is -2.10. The standard InChI is InChI=1S/C14H18O5/c1-3-4-9(2)7-17-11-6-13-12(18-8-19-13)5-10(11)14(15)16/h5-6,9H,3-4,7-8H2,1-2H3,(H,15,16). The van der Waals surface area contributed by atoms with Crippen LogP contribution in [0.3, 0.4) is 0 Å². The van der Waals surface area contributed by atoms with Crippen LogP contribution in [0.2, 0.25) is 0 Å². The molecule has 0 saturated heterocycles. The number of rotatable bonds is 6. The number of hydrogen-bond donors (Lipinski definition) is 1. The lowest BCUT2D eigenvalue weighted by atomic mass is 10.1. The maximum Gasteiger partial charge on any atom is 0.339 e. The summed E-state index contributed by atoms with van der Waals surface area (Å²) in [7, 11) is 0. The third-order valence-electron chi connectivity index (χ3n) is 3.01. The normalized spacial score (nSPS) is 14.2. The molecule has 104 valence electrons. The van der Waals surface area contributed by atoms with E-state index in [1.165, 1.54) is 6.07 Å².